The van der Waals surface area contributed by atoms with Crippen molar-refractivity contribution in [2.75, 3.05) is 13.2 Å². The molecule has 0 heterocycles. The summed E-state index contributed by atoms with van der Waals surface area (Å²) in [6.45, 7) is 8.06. The van der Waals surface area contributed by atoms with Gasteiger partial charge in [-0.05, 0) is 56.2 Å². The first-order valence-electron chi connectivity index (χ1n) is 7.56. The summed E-state index contributed by atoms with van der Waals surface area (Å²) in [5.74, 6) is 0.716. The maximum Gasteiger partial charge on any atom is 0.0431 e. The van der Waals surface area contributed by atoms with E-state index < -0.39 is 0 Å². The van der Waals surface area contributed by atoms with Gasteiger partial charge in [0.25, 0.3) is 0 Å². The number of nitrogens with one attached hydrogen (secondary N) is 1. The third-order valence-corrected chi connectivity index (χ3v) is 3.41. The Bertz CT molecular complexity index is 332. The molecular weight excluding hydrogens is 234 g/mol. The van der Waals surface area contributed by atoms with E-state index in [4.69, 9.17) is 5.11 Å². The van der Waals surface area contributed by atoms with Crippen molar-refractivity contribution in [3.05, 3.63) is 35.4 Å². The molecule has 1 aromatic carbocycles. The third-order valence-electron chi connectivity index (χ3n) is 3.41. The normalized spacial score (nSPS) is 12.9. The SMILES string of the molecule is CC(C)Cc1ccc(C(C)NCCCCCO)cc1. The van der Waals surface area contributed by atoms with E-state index >= 15 is 0 Å². The molecule has 1 rings (SSSR count). The fraction of sp³-hybridized carbons (Fsp3) is 0.647. The first-order valence-corrected chi connectivity index (χ1v) is 7.56. The molecule has 0 amide bonds. The Morgan fingerprint density at radius 2 is 1.68 bits per heavy atom. The molecule has 0 spiro atoms. The minimum atomic E-state index is 0.312. The lowest BCUT2D eigenvalue weighted by atomic mass is 10.00. The fourth-order valence-electron chi connectivity index (χ4n) is 2.26. The second kappa shape index (κ2) is 9.11. The van der Waals surface area contributed by atoms with Gasteiger partial charge in [0.2, 0.25) is 0 Å². The highest BCUT2D eigenvalue weighted by atomic mass is 16.2. The van der Waals surface area contributed by atoms with Crippen LogP contribution < -0.4 is 5.32 Å². The van der Waals surface area contributed by atoms with Crippen LogP contribution >= 0.6 is 0 Å². The second-order valence-electron chi connectivity index (χ2n) is 5.80. The van der Waals surface area contributed by atoms with Gasteiger partial charge in [0.15, 0.2) is 0 Å². The first-order chi connectivity index (χ1) is 9.13. The van der Waals surface area contributed by atoms with Crippen LogP contribution in [0.5, 0.6) is 0 Å². The summed E-state index contributed by atoms with van der Waals surface area (Å²) in [7, 11) is 0. The molecule has 0 aliphatic carbocycles. The van der Waals surface area contributed by atoms with Crippen molar-refractivity contribution >= 4 is 0 Å². The number of aliphatic hydroxyl groups is 1. The lowest BCUT2D eigenvalue weighted by Crippen LogP contribution is -2.19. The molecule has 0 bridgehead atoms. The van der Waals surface area contributed by atoms with Crippen LogP contribution in [0.25, 0.3) is 0 Å². The van der Waals surface area contributed by atoms with Crippen LogP contribution in [0.15, 0.2) is 24.3 Å². The minimum Gasteiger partial charge on any atom is -0.396 e. The van der Waals surface area contributed by atoms with Crippen molar-refractivity contribution in [1.29, 1.82) is 0 Å². The van der Waals surface area contributed by atoms with Gasteiger partial charge in [-0.25, -0.2) is 0 Å². The molecule has 0 fully saturated rings. The zero-order valence-electron chi connectivity index (χ0n) is 12.7. The van der Waals surface area contributed by atoms with Gasteiger partial charge in [0.05, 0.1) is 0 Å². The van der Waals surface area contributed by atoms with E-state index in [1.54, 1.807) is 0 Å². The predicted molar refractivity (Wildman–Crippen MR) is 82.3 cm³/mol. The second-order valence-corrected chi connectivity index (χ2v) is 5.80. The monoisotopic (exact) mass is 263 g/mol. The van der Waals surface area contributed by atoms with Crippen molar-refractivity contribution < 1.29 is 5.11 Å². The summed E-state index contributed by atoms with van der Waals surface area (Å²) in [5.41, 5.74) is 2.78. The van der Waals surface area contributed by atoms with E-state index in [9.17, 15) is 0 Å². The van der Waals surface area contributed by atoms with Gasteiger partial charge in [-0.3, -0.25) is 0 Å². The van der Waals surface area contributed by atoms with Gasteiger partial charge in [-0.15, -0.1) is 0 Å². The van der Waals surface area contributed by atoms with Crippen LogP contribution in [0, 0.1) is 5.92 Å². The highest BCUT2D eigenvalue weighted by molar-refractivity contribution is 5.25. The molecular formula is C17H29NO. The Hall–Kier alpha value is -0.860. The van der Waals surface area contributed by atoms with Gasteiger partial charge >= 0.3 is 0 Å². The van der Waals surface area contributed by atoms with Gasteiger partial charge < -0.3 is 10.4 Å². The van der Waals surface area contributed by atoms with E-state index in [1.165, 1.54) is 11.1 Å². The summed E-state index contributed by atoms with van der Waals surface area (Å²) in [6.07, 6.45) is 4.31. The lowest BCUT2D eigenvalue weighted by molar-refractivity contribution is 0.282. The summed E-state index contributed by atoms with van der Waals surface area (Å²) < 4.78 is 0. The minimum absolute atomic E-state index is 0.312. The summed E-state index contributed by atoms with van der Waals surface area (Å²) >= 11 is 0. The van der Waals surface area contributed by atoms with Crippen molar-refractivity contribution in [2.24, 2.45) is 5.92 Å². The number of aliphatic hydroxyl groups excluding tert-OH is 1. The Kier molecular flexibility index (Phi) is 7.76. The van der Waals surface area contributed by atoms with Crippen molar-refractivity contribution in [2.45, 2.75) is 52.5 Å². The zero-order chi connectivity index (χ0) is 14.1. The number of hydrogen-bond donors (Lipinski definition) is 2. The first kappa shape index (κ1) is 16.2. The van der Waals surface area contributed by atoms with E-state index in [-0.39, 0.29) is 0 Å². The molecule has 0 saturated carbocycles. The number of hydrogen-bond acceptors (Lipinski definition) is 2. The topological polar surface area (TPSA) is 32.3 Å². The predicted octanol–water partition coefficient (Wildman–Crippen LogP) is 3.70. The summed E-state index contributed by atoms with van der Waals surface area (Å²) in [4.78, 5) is 0. The molecule has 2 N–H and O–H groups in total. The van der Waals surface area contributed by atoms with E-state index in [0.717, 1.165) is 32.2 Å². The molecule has 0 radical (unpaired) electrons. The number of unbranched alkanes of at least 4 members (excludes halogenated alkanes) is 2. The van der Waals surface area contributed by atoms with Crippen LogP contribution in [0.1, 0.15) is 57.2 Å². The molecule has 0 aliphatic heterocycles. The lowest BCUT2D eigenvalue weighted by Gasteiger charge is -2.15. The quantitative estimate of drug-likeness (QED) is 0.666. The van der Waals surface area contributed by atoms with E-state index in [1.807, 2.05) is 0 Å². The van der Waals surface area contributed by atoms with Crippen LogP contribution in [-0.4, -0.2) is 18.3 Å². The Morgan fingerprint density at radius 1 is 1.00 bits per heavy atom. The molecule has 108 valence electrons. The third kappa shape index (κ3) is 6.74. The van der Waals surface area contributed by atoms with Gasteiger partial charge in [0, 0.05) is 12.6 Å². The summed E-state index contributed by atoms with van der Waals surface area (Å²) in [6, 6.07) is 9.38. The van der Waals surface area contributed by atoms with Crippen LogP contribution in [0.3, 0.4) is 0 Å². The highest BCUT2D eigenvalue weighted by Gasteiger charge is 2.04. The van der Waals surface area contributed by atoms with Crippen LogP contribution in [0.2, 0.25) is 0 Å². The zero-order valence-corrected chi connectivity index (χ0v) is 12.7. The average Bonchev–Trinajstić information content (AvgIpc) is 2.38. The van der Waals surface area contributed by atoms with Crippen molar-refractivity contribution in [3.63, 3.8) is 0 Å². The van der Waals surface area contributed by atoms with Crippen molar-refractivity contribution in [1.82, 2.24) is 5.32 Å². The van der Waals surface area contributed by atoms with Gasteiger partial charge in [-0.2, -0.15) is 0 Å². The Balaban J connectivity index is 2.33. The summed E-state index contributed by atoms with van der Waals surface area (Å²) in [5, 5.41) is 12.3. The maximum absolute atomic E-state index is 8.72. The molecule has 0 aliphatic rings. The highest BCUT2D eigenvalue weighted by Crippen LogP contribution is 2.15. The molecule has 1 unspecified atom stereocenters. The standard InChI is InChI=1S/C17H29NO/c1-14(2)13-16-7-9-17(10-8-16)15(3)18-11-5-4-6-12-19/h7-10,14-15,18-19H,4-6,11-13H2,1-3H3. The van der Waals surface area contributed by atoms with Crippen LogP contribution in [0.4, 0.5) is 0 Å². The van der Waals surface area contributed by atoms with Gasteiger partial charge in [-0.1, -0.05) is 38.1 Å². The molecule has 1 aromatic rings. The largest absolute Gasteiger partial charge is 0.396 e. The van der Waals surface area contributed by atoms with Crippen molar-refractivity contribution in [3.8, 4) is 0 Å². The molecule has 1 atom stereocenters. The molecule has 0 saturated heterocycles. The average molecular weight is 263 g/mol. The number of benzene rings is 1. The Morgan fingerprint density at radius 3 is 2.26 bits per heavy atom. The maximum atomic E-state index is 8.72. The van der Waals surface area contributed by atoms with Crippen LogP contribution in [-0.2, 0) is 6.42 Å². The molecule has 0 aromatic heterocycles. The smallest absolute Gasteiger partial charge is 0.0431 e. The molecule has 19 heavy (non-hydrogen) atoms. The van der Waals surface area contributed by atoms with Gasteiger partial charge in [0.1, 0.15) is 0 Å². The number of rotatable bonds is 9. The fourth-order valence-corrected chi connectivity index (χ4v) is 2.26. The molecule has 2 heteroatoms. The van der Waals surface area contributed by atoms with E-state index in [0.29, 0.717) is 18.6 Å². The van der Waals surface area contributed by atoms with E-state index in [2.05, 4.69) is 50.4 Å². The molecule has 2 nitrogen and oxygen atoms in total. The Labute approximate surface area is 118 Å².